The van der Waals surface area contributed by atoms with Crippen molar-refractivity contribution in [2.24, 2.45) is 5.73 Å². The standard InChI is InChI=1S/C18H14ClNO4S/c19-12-8-4-5-9-14(12)25-15-13(21)10-18(17(20)23,24-16(15)22)11-6-2-1-3-7-11/h1-9,21H,10H2,(H2,20,23). The Balaban J connectivity index is 2.00. The van der Waals surface area contributed by atoms with Crippen molar-refractivity contribution in [2.45, 2.75) is 16.9 Å². The highest BCUT2D eigenvalue weighted by molar-refractivity contribution is 8.04. The highest BCUT2D eigenvalue weighted by Gasteiger charge is 2.48. The smallest absolute Gasteiger partial charge is 0.349 e. The van der Waals surface area contributed by atoms with Crippen LogP contribution in [0.5, 0.6) is 0 Å². The zero-order valence-corrected chi connectivity index (χ0v) is 14.5. The Morgan fingerprint density at radius 2 is 1.80 bits per heavy atom. The molecule has 0 aliphatic carbocycles. The van der Waals surface area contributed by atoms with Crippen LogP contribution in [0.4, 0.5) is 0 Å². The minimum absolute atomic E-state index is 0.0130. The number of hydrogen-bond donors (Lipinski definition) is 2. The van der Waals surface area contributed by atoms with Crippen molar-refractivity contribution in [3.05, 3.63) is 75.8 Å². The van der Waals surface area contributed by atoms with E-state index in [1.165, 1.54) is 0 Å². The number of esters is 1. The molecule has 7 heteroatoms. The number of amides is 1. The Bertz CT molecular complexity index is 868. The van der Waals surface area contributed by atoms with Crippen molar-refractivity contribution < 1.29 is 19.4 Å². The second-order valence-electron chi connectivity index (χ2n) is 5.43. The number of carbonyl (C=O) groups is 2. The van der Waals surface area contributed by atoms with Gasteiger partial charge in [0.2, 0.25) is 5.60 Å². The molecule has 1 atom stereocenters. The summed E-state index contributed by atoms with van der Waals surface area (Å²) in [6.45, 7) is 0. The molecule has 3 rings (SSSR count). The second kappa shape index (κ2) is 6.82. The number of thioether (sulfide) groups is 1. The Labute approximate surface area is 153 Å². The summed E-state index contributed by atoms with van der Waals surface area (Å²) in [5, 5.41) is 10.9. The average molecular weight is 376 g/mol. The molecule has 1 heterocycles. The number of hydrogen-bond acceptors (Lipinski definition) is 5. The van der Waals surface area contributed by atoms with Crippen molar-refractivity contribution in [2.75, 3.05) is 0 Å². The fourth-order valence-corrected chi connectivity index (χ4v) is 3.66. The molecule has 2 aromatic carbocycles. The summed E-state index contributed by atoms with van der Waals surface area (Å²) in [5.41, 5.74) is 4.18. The first-order chi connectivity index (χ1) is 11.9. The van der Waals surface area contributed by atoms with Gasteiger partial charge in [-0.3, -0.25) is 4.79 Å². The average Bonchev–Trinajstić information content (AvgIpc) is 2.60. The van der Waals surface area contributed by atoms with Crippen molar-refractivity contribution in [1.82, 2.24) is 0 Å². The maximum absolute atomic E-state index is 12.5. The molecule has 0 radical (unpaired) electrons. The zero-order valence-electron chi connectivity index (χ0n) is 12.9. The molecule has 1 aliphatic rings. The summed E-state index contributed by atoms with van der Waals surface area (Å²) in [6, 6.07) is 15.3. The third-order valence-electron chi connectivity index (χ3n) is 3.82. The van der Waals surface area contributed by atoms with Crippen LogP contribution in [0.3, 0.4) is 0 Å². The summed E-state index contributed by atoms with van der Waals surface area (Å²) >= 11 is 7.08. The van der Waals surface area contributed by atoms with Gasteiger partial charge >= 0.3 is 5.97 Å². The van der Waals surface area contributed by atoms with Crippen molar-refractivity contribution in [3.63, 3.8) is 0 Å². The highest BCUT2D eigenvalue weighted by Crippen LogP contribution is 2.43. The van der Waals surface area contributed by atoms with Crippen LogP contribution < -0.4 is 5.73 Å². The van der Waals surface area contributed by atoms with Crippen molar-refractivity contribution in [3.8, 4) is 0 Å². The molecule has 1 aliphatic heterocycles. The molecule has 25 heavy (non-hydrogen) atoms. The Morgan fingerprint density at radius 3 is 2.40 bits per heavy atom. The minimum Gasteiger partial charge on any atom is -0.511 e. The van der Waals surface area contributed by atoms with Gasteiger partial charge in [-0.15, -0.1) is 0 Å². The summed E-state index contributed by atoms with van der Waals surface area (Å²) in [4.78, 5) is 25.2. The van der Waals surface area contributed by atoms with Gasteiger partial charge in [0.25, 0.3) is 5.91 Å². The highest BCUT2D eigenvalue weighted by atomic mass is 35.5. The Morgan fingerprint density at radius 1 is 1.16 bits per heavy atom. The molecule has 0 spiro atoms. The molecule has 0 saturated heterocycles. The molecular weight excluding hydrogens is 362 g/mol. The molecule has 2 aromatic rings. The van der Waals surface area contributed by atoms with Crippen LogP contribution >= 0.6 is 23.4 Å². The van der Waals surface area contributed by atoms with E-state index in [1.54, 1.807) is 54.6 Å². The van der Waals surface area contributed by atoms with E-state index in [4.69, 9.17) is 22.1 Å². The van der Waals surface area contributed by atoms with Gasteiger partial charge in [-0.25, -0.2) is 4.79 Å². The molecule has 128 valence electrons. The van der Waals surface area contributed by atoms with E-state index in [1.807, 2.05) is 0 Å². The van der Waals surface area contributed by atoms with Gasteiger partial charge in [0, 0.05) is 10.5 Å². The molecule has 0 aromatic heterocycles. The largest absolute Gasteiger partial charge is 0.511 e. The quantitative estimate of drug-likeness (QED) is 0.798. The number of nitrogens with two attached hydrogens (primary N) is 1. The lowest BCUT2D eigenvalue weighted by molar-refractivity contribution is -0.168. The summed E-state index contributed by atoms with van der Waals surface area (Å²) in [7, 11) is 0. The predicted molar refractivity (Wildman–Crippen MR) is 95.0 cm³/mol. The van der Waals surface area contributed by atoms with Crippen LogP contribution in [-0.2, 0) is 19.9 Å². The topological polar surface area (TPSA) is 89.6 Å². The molecule has 1 amide bonds. The summed E-state index contributed by atoms with van der Waals surface area (Å²) in [5.74, 6) is -1.93. The number of aliphatic hydroxyl groups is 1. The predicted octanol–water partition coefficient (Wildman–Crippen LogP) is 3.53. The van der Waals surface area contributed by atoms with Gasteiger partial charge in [0.05, 0.1) is 11.4 Å². The maximum Gasteiger partial charge on any atom is 0.349 e. The lowest BCUT2D eigenvalue weighted by Gasteiger charge is -2.34. The minimum atomic E-state index is -1.73. The first-order valence-corrected chi connectivity index (χ1v) is 8.57. The molecule has 3 N–H and O–H groups in total. The lowest BCUT2D eigenvalue weighted by atomic mass is 9.87. The van der Waals surface area contributed by atoms with Crippen LogP contribution in [-0.4, -0.2) is 17.0 Å². The van der Waals surface area contributed by atoms with Gasteiger partial charge in [-0.05, 0) is 12.1 Å². The Hall–Kier alpha value is -2.44. The maximum atomic E-state index is 12.5. The summed E-state index contributed by atoms with van der Waals surface area (Å²) in [6.07, 6.45) is -0.231. The van der Waals surface area contributed by atoms with Crippen molar-refractivity contribution >= 4 is 35.2 Å². The number of benzene rings is 2. The number of primary amides is 1. The third-order valence-corrected chi connectivity index (χ3v) is 5.44. The fraction of sp³-hybridized carbons (Fsp3) is 0.111. The van der Waals surface area contributed by atoms with E-state index >= 15 is 0 Å². The number of ether oxygens (including phenoxy) is 1. The van der Waals surface area contributed by atoms with E-state index in [2.05, 4.69) is 0 Å². The summed E-state index contributed by atoms with van der Waals surface area (Å²) < 4.78 is 5.42. The van der Waals surface area contributed by atoms with Crippen molar-refractivity contribution in [1.29, 1.82) is 0 Å². The van der Waals surface area contributed by atoms with Crippen LogP contribution in [0.25, 0.3) is 0 Å². The van der Waals surface area contributed by atoms with E-state index < -0.39 is 17.5 Å². The number of aliphatic hydroxyl groups excluding tert-OH is 1. The third kappa shape index (κ3) is 3.23. The molecule has 1 unspecified atom stereocenters. The lowest BCUT2D eigenvalue weighted by Crippen LogP contribution is -2.47. The van der Waals surface area contributed by atoms with Gasteiger partial charge < -0.3 is 15.6 Å². The molecule has 0 fully saturated rings. The SMILES string of the molecule is NC(=O)C1(c2ccccc2)CC(O)=C(Sc2ccccc2Cl)C(=O)O1. The van der Waals surface area contributed by atoms with Gasteiger partial charge in [0.15, 0.2) is 0 Å². The number of rotatable bonds is 4. The van der Waals surface area contributed by atoms with Gasteiger partial charge in [-0.2, -0.15) is 0 Å². The normalized spacial score (nSPS) is 20.3. The zero-order chi connectivity index (χ0) is 18.0. The van der Waals surface area contributed by atoms with E-state index in [-0.39, 0.29) is 17.1 Å². The number of carbonyl (C=O) groups excluding carboxylic acids is 2. The molecule has 0 bridgehead atoms. The molecule has 5 nitrogen and oxygen atoms in total. The van der Waals surface area contributed by atoms with Gasteiger partial charge in [-0.1, -0.05) is 65.8 Å². The fourth-order valence-electron chi connectivity index (χ4n) is 2.56. The van der Waals surface area contributed by atoms with Crippen LogP contribution in [0.15, 0.2) is 70.2 Å². The first-order valence-electron chi connectivity index (χ1n) is 7.37. The van der Waals surface area contributed by atoms with Gasteiger partial charge in [0.1, 0.15) is 10.7 Å². The molecule has 0 saturated carbocycles. The van der Waals surface area contributed by atoms with E-state index in [0.29, 0.717) is 15.5 Å². The second-order valence-corrected chi connectivity index (χ2v) is 6.89. The van der Waals surface area contributed by atoms with E-state index in [9.17, 15) is 14.7 Å². The van der Waals surface area contributed by atoms with E-state index in [0.717, 1.165) is 11.8 Å². The Kier molecular flexibility index (Phi) is 4.74. The first kappa shape index (κ1) is 17.4. The monoisotopic (exact) mass is 375 g/mol. The molecular formula is C18H14ClNO4S. The number of halogens is 1. The van der Waals surface area contributed by atoms with Crippen LogP contribution in [0.2, 0.25) is 5.02 Å². The van der Waals surface area contributed by atoms with Crippen LogP contribution in [0, 0.1) is 0 Å². The number of cyclic esters (lactones) is 1. The van der Waals surface area contributed by atoms with Crippen LogP contribution in [0.1, 0.15) is 12.0 Å².